The maximum absolute atomic E-state index is 14.1. The zero-order valence-electron chi connectivity index (χ0n) is 19.5. The number of rotatable bonds is 5. The Morgan fingerprint density at radius 3 is 2.43 bits per heavy atom. The second-order valence-corrected chi connectivity index (χ2v) is 8.61. The second kappa shape index (κ2) is 9.29. The minimum Gasteiger partial charge on any atom is -0.493 e. The Morgan fingerprint density at radius 1 is 1.00 bits per heavy atom. The van der Waals surface area contributed by atoms with Crippen LogP contribution in [0.25, 0.3) is 11.3 Å². The molecule has 1 aromatic carbocycles. The van der Waals surface area contributed by atoms with Gasteiger partial charge in [-0.2, -0.15) is 18.3 Å². The Balaban J connectivity index is 1.45. The van der Waals surface area contributed by atoms with Crippen molar-refractivity contribution in [2.45, 2.75) is 24.7 Å². The fraction of sp³-hybridized carbons (Fsp3) is 0.417. The molecular weight excluding hydrogens is 461 g/mol. The Hall–Kier alpha value is -3.47. The number of hydrogen-bond acceptors (Lipinski definition) is 7. The molecular formula is C24H27F3N6O2. The molecule has 2 atom stereocenters. The number of halogens is 3. The molecule has 3 aromatic rings. The van der Waals surface area contributed by atoms with Crippen molar-refractivity contribution in [2.24, 2.45) is 0 Å². The molecule has 5 rings (SSSR count). The lowest BCUT2D eigenvalue weighted by Crippen LogP contribution is -2.43. The van der Waals surface area contributed by atoms with Crippen molar-refractivity contribution in [3.05, 3.63) is 48.2 Å². The monoisotopic (exact) mass is 488 g/mol. The molecule has 0 aliphatic carbocycles. The van der Waals surface area contributed by atoms with Gasteiger partial charge < -0.3 is 25.0 Å². The summed E-state index contributed by atoms with van der Waals surface area (Å²) in [4.78, 5) is 6.71. The predicted molar refractivity (Wildman–Crippen MR) is 126 cm³/mol. The van der Waals surface area contributed by atoms with Gasteiger partial charge in [0.25, 0.3) is 0 Å². The highest BCUT2D eigenvalue weighted by atomic mass is 19.4. The number of nitrogens with zero attached hydrogens (tertiary/aromatic N) is 4. The highest BCUT2D eigenvalue weighted by molar-refractivity contribution is 5.64. The van der Waals surface area contributed by atoms with Gasteiger partial charge in [0.1, 0.15) is 11.6 Å². The molecule has 0 amide bonds. The molecule has 2 aliphatic rings. The van der Waals surface area contributed by atoms with E-state index in [0.29, 0.717) is 34.1 Å². The van der Waals surface area contributed by atoms with Gasteiger partial charge in [-0.1, -0.05) is 6.07 Å². The summed E-state index contributed by atoms with van der Waals surface area (Å²) < 4.78 is 53.9. The Labute approximate surface area is 201 Å². The van der Waals surface area contributed by atoms with E-state index in [4.69, 9.17) is 9.47 Å². The van der Waals surface area contributed by atoms with Crippen LogP contribution < -0.4 is 25.0 Å². The summed E-state index contributed by atoms with van der Waals surface area (Å²) in [7, 11) is 3.01. The number of pyridine rings is 1. The number of nitrogens with one attached hydrogen (secondary N) is 2. The molecule has 1 saturated heterocycles. The van der Waals surface area contributed by atoms with E-state index in [2.05, 4.69) is 25.6 Å². The lowest BCUT2D eigenvalue weighted by molar-refractivity contribution is -0.173. The van der Waals surface area contributed by atoms with Gasteiger partial charge in [0.15, 0.2) is 17.5 Å². The van der Waals surface area contributed by atoms with Crippen LogP contribution in [0.1, 0.15) is 24.1 Å². The smallest absolute Gasteiger partial charge is 0.410 e. The number of hydrogen-bond donors (Lipinski definition) is 2. The number of benzene rings is 1. The van der Waals surface area contributed by atoms with Crippen molar-refractivity contribution in [2.75, 3.05) is 50.6 Å². The first-order chi connectivity index (χ1) is 16.9. The molecule has 2 N–H and O–H groups in total. The Morgan fingerprint density at radius 2 is 1.77 bits per heavy atom. The van der Waals surface area contributed by atoms with Gasteiger partial charge in [-0.25, -0.2) is 9.67 Å². The molecule has 186 valence electrons. The van der Waals surface area contributed by atoms with E-state index in [1.807, 2.05) is 12.1 Å². The number of piperazine rings is 1. The molecule has 2 unspecified atom stereocenters. The van der Waals surface area contributed by atoms with Crippen LogP contribution in [0.5, 0.6) is 11.5 Å². The third-order valence-electron chi connectivity index (χ3n) is 6.48. The Kier molecular flexibility index (Phi) is 6.18. The number of ether oxygens (including phenoxy) is 2. The first-order valence-corrected chi connectivity index (χ1v) is 11.4. The second-order valence-electron chi connectivity index (χ2n) is 8.61. The normalized spacial score (nSPS) is 20.2. The van der Waals surface area contributed by atoms with Crippen LogP contribution in [0.4, 0.5) is 24.8 Å². The van der Waals surface area contributed by atoms with Crippen LogP contribution in [-0.2, 0) is 0 Å². The number of aromatic nitrogens is 3. The Bertz CT molecular complexity index is 1170. The number of fused-ring (bicyclic) bond motifs is 1. The first kappa shape index (κ1) is 23.3. The van der Waals surface area contributed by atoms with Crippen LogP contribution >= 0.6 is 0 Å². The molecule has 2 aromatic heterocycles. The molecule has 35 heavy (non-hydrogen) atoms. The lowest BCUT2D eigenvalue weighted by Gasteiger charge is -2.33. The number of anilines is 2. The van der Waals surface area contributed by atoms with E-state index in [1.54, 1.807) is 30.5 Å². The lowest BCUT2D eigenvalue weighted by atomic mass is 9.96. The highest BCUT2D eigenvalue weighted by Gasteiger charge is 2.46. The number of methoxy groups -OCH3 is 2. The summed E-state index contributed by atoms with van der Waals surface area (Å²) in [5, 5.41) is 10.9. The zero-order valence-corrected chi connectivity index (χ0v) is 19.5. The van der Waals surface area contributed by atoms with E-state index < -0.39 is 18.3 Å². The van der Waals surface area contributed by atoms with E-state index >= 15 is 0 Å². The number of alkyl halides is 3. The van der Waals surface area contributed by atoms with E-state index in [1.165, 1.54) is 14.2 Å². The van der Waals surface area contributed by atoms with Crippen molar-refractivity contribution in [3.8, 4) is 22.8 Å². The molecule has 0 saturated carbocycles. The van der Waals surface area contributed by atoms with Crippen LogP contribution in [0, 0.1) is 0 Å². The van der Waals surface area contributed by atoms with Crippen LogP contribution in [0.15, 0.2) is 42.6 Å². The topological polar surface area (TPSA) is 76.5 Å². The quantitative estimate of drug-likeness (QED) is 0.562. The van der Waals surface area contributed by atoms with E-state index in [9.17, 15) is 13.2 Å². The molecule has 0 bridgehead atoms. The summed E-state index contributed by atoms with van der Waals surface area (Å²) in [6, 6.07) is 8.20. The van der Waals surface area contributed by atoms with Gasteiger partial charge in [-0.15, -0.1) is 0 Å². The van der Waals surface area contributed by atoms with E-state index in [-0.39, 0.29) is 6.42 Å². The first-order valence-electron chi connectivity index (χ1n) is 11.4. The van der Waals surface area contributed by atoms with Crippen molar-refractivity contribution in [1.82, 2.24) is 20.1 Å². The van der Waals surface area contributed by atoms with Crippen molar-refractivity contribution in [3.63, 3.8) is 0 Å². The molecule has 8 nitrogen and oxygen atoms in total. The summed E-state index contributed by atoms with van der Waals surface area (Å²) >= 11 is 0. The van der Waals surface area contributed by atoms with Crippen molar-refractivity contribution < 1.29 is 22.6 Å². The largest absolute Gasteiger partial charge is 0.493 e. The van der Waals surface area contributed by atoms with Gasteiger partial charge in [0, 0.05) is 50.4 Å². The molecule has 1 fully saturated rings. The standard InChI is InChI=1S/C24H27F3N6O2/c1-34-19-5-3-15(11-20(19)35-2)17-12-21(24(25,26)27)33-23(30-17)13-18(31-33)16-4-6-22(29-14-16)32-9-7-28-8-10-32/h3-6,11,13-14,17,21,28,30H,7-10,12H2,1-2H3. The molecule has 11 heteroatoms. The third-order valence-corrected chi connectivity index (χ3v) is 6.48. The average Bonchev–Trinajstić information content (AvgIpc) is 3.32. The highest BCUT2D eigenvalue weighted by Crippen LogP contribution is 2.45. The fourth-order valence-corrected chi connectivity index (χ4v) is 4.62. The zero-order chi connectivity index (χ0) is 24.6. The average molecular weight is 489 g/mol. The maximum atomic E-state index is 14.1. The fourth-order valence-electron chi connectivity index (χ4n) is 4.62. The van der Waals surface area contributed by atoms with E-state index in [0.717, 1.165) is 36.7 Å². The molecule has 4 heterocycles. The predicted octanol–water partition coefficient (Wildman–Crippen LogP) is 4.03. The van der Waals surface area contributed by atoms with Crippen molar-refractivity contribution >= 4 is 11.6 Å². The van der Waals surface area contributed by atoms with Gasteiger partial charge in [0.05, 0.1) is 26.0 Å². The summed E-state index contributed by atoms with van der Waals surface area (Å²) in [5.74, 6) is 2.13. The van der Waals surface area contributed by atoms with Crippen LogP contribution in [0.2, 0.25) is 0 Å². The molecule has 0 radical (unpaired) electrons. The third kappa shape index (κ3) is 4.60. The van der Waals surface area contributed by atoms with Gasteiger partial charge in [-0.3, -0.25) is 0 Å². The maximum Gasteiger partial charge on any atom is 0.410 e. The van der Waals surface area contributed by atoms with Crippen LogP contribution in [0.3, 0.4) is 0 Å². The van der Waals surface area contributed by atoms with Crippen molar-refractivity contribution in [1.29, 1.82) is 0 Å². The minimum absolute atomic E-state index is 0.201. The summed E-state index contributed by atoms with van der Waals surface area (Å²) in [5.41, 5.74) is 1.78. The summed E-state index contributed by atoms with van der Waals surface area (Å²) in [6.07, 6.45) is -2.99. The van der Waals surface area contributed by atoms with Gasteiger partial charge >= 0.3 is 6.18 Å². The summed E-state index contributed by atoms with van der Waals surface area (Å²) in [6.45, 7) is 3.51. The SMILES string of the molecule is COc1ccc(C2CC(C(F)(F)F)n3nc(-c4ccc(N5CCNCC5)nc4)cc3N2)cc1OC. The van der Waals surface area contributed by atoms with Gasteiger partial charge in [0.2, 0.25) is 0 Å². The minimum atomic E-state index is -4.46. The van der Waals surface area contributed by atoms with Gasteiger partial charge in [-0.05, 0) is 29.8 Å². The van der Waals surface area contributed by atoms with Crippen LogP contribution in [-0.4, -0.2) is 61.3 Å². The molecule has 0 spiro atoms. The molecule has 2 aliphatic heterocycles.